The lowest BCUT2D eigenvalue weighted by atomic mass is 10.2. The lowest BCUT2D eigenvalue weighted by molar-refractivity contribution is -0.140. The Bertz CT molecular complexity index is 294. The summed E-state index contributed by atoms with van der Waals surface area (Å²) in [6.45, 7) is 6.64. The standard InChI is InChI=1S/C11H20N4O2/c1-9(16)14-4-6-15(7-5-14)11(17)10-8-12-2-3-13-10/h10,12-13H,2-8H2,1H3. The van der Waals surface area contributed by atoms with Crippen LogP contribution in [0.1, 0.15) is 6.92 Å². The van der Waals surface area contributed by atoms with E-state index in [0.717, 1.165) is 13.1 Å². The number of amides is 2. The van der Waals surface area contributed by atoms with Gasteiger partial charge in [0, 0.05) is 52.7 Å². The summed E-state index contributed by atoms with van der Waals surface area (Å²) in [7, 11) is 0. The minimum absolute atomic E-state index is 0.0922. The van der Waals surface area contributed by atoms with Gasteiger partial charge in [-0.05, 0) is 0 Å². The Morgan fingerprint density at radius 1 is 1.06 bits per heavy atom. The number of carbonyl (C=O) groups is 2. The second kappa shape index (κ2) is 5.46. The molecule has 1 atom stereocenters. The molecule has 2 amide bonds. The van der Waals surface area contributed by atoms with Gasteiger partial charge in [-0.15, -0.1) is 0 Å². The highest BCUT2D eigenvalue weighted by molar-refractivity contribution is 5.82. The normalized spacial score (nSPS) is 25.8. The summed E-state index contributed by atoms with van der Waals surface area (Å²) < 4.78 is 0. The van der Waals surface area contributed by atoms with E-state index < -0.39 is 0 Å². The number of nitrogens with one attached hydrogen (secondary N) is 2. The summed E-state index contributed by atoms with van der Waals surface area (Å²) in [4.78, 5) is 27.0. The molecular weight excluding hydrogens is 220 g/mol. The average molecular weight is 240 g/mol. The Morgan fingerprint density at radius 2 is 1.71 bits per heavy atom. The Labute approximate surface area is 101 Å². The molecule has 0 bridgehead atoms. The van der Waals surface area contributed by atoms with Crippen LogP contribution in [0.4, 0.5) is 0 Å². The number of piperazine rings is 2. The predicted molar refractivity (Wildman–Crippen MR) is 63.5 cm³/mol. The summed E-state index contributed by atoms with van der Waals surface area (Å²) in [5, 5.41) is 6.42. The van der Waals surface area contributed by atoms with Gasteiger partial charge in [0.1, 0.15) is 0 Å². The van der Waals surface area contributed by atoms with Gasteiger partial charge >= 0.3 is 0 Å². The minimum Gasteiger partial charge on any atom is -0.339 e. The highest BCUT2D eigenvalue weighted by atomic mass is 16.2. The third-order valence-corrected chi connectivity index (χ3v) is 3.38. The van der Waals surface area contributed by atoms with Gasteiger partial charge in [0.25, 0.3) is 0 Å². The zero-order valence-electron chi connectivity index (χ0n) is 10.2. The molecule has 2 aliphatic heterocycles. The first-order valence-corrected chi connectivity index (χ1v) is 6.17. The Balaban J connectivity index is 1.83. The smallest absolute Gasteiger partial charge is 0.241 e. The van der Waals surface area contributed by atoms with Crippen molar-refractivity contribution in [1.82, 2.24) is 20.4 Å². The van der Waals surface area contributed by atoms with E-state index in [1.54, 1.807) is 11.8 Å². The maximum Gasteiger partial charge on any atom is 0.241 e. The van der Waals surface area contributed by atoms with E-state index in [1.165, 1.54) is 0 Å². The van der Waals surface area contributed by atoms with Crippen LogP contribution in [0, 0.1) is 0 Å². The molecule has 2 aliphatic rings. The van der Waals surface area contributed by atoms with Crippen molar-refractivity contribution in [1.29, 1.82) is 0 Å². The quantitative estimate of drug-likeness (QED) is 0.570. The van der Waals surface area contributed by atoms with Crippen molar-refractivity contribution in [2.75, 3.05) is 45.8 Å². The van der Waals surface area contributed by atoms with Crippen LogP contribution >= 0.6 is 0 Å². The van der Waals surface area contributed by atoms with Crippen LogP contribution < -0.4 is 10.6 Å². The van der Waals surface area contributed by atoms with Crippen molar-refractivity contribution in [3.05, 3.63) is 0 Å². The zero-order valence-corrected chi connectivity index (χ0v) is 10.2. The SMILES string of the molecule is CC(=O)N1CCN(C(=O)C2CNCCN2)CC1. The zero-order chi connectivity index (χ0) is 12.3. The van der Waals surface area contributed by atoms with Gasteiger partial charge in [0.15, 0.2) is 0 Å². The number of hydrogen-bond donors (Lipinski definition) is 2. The van der Waals surface area contributed by atoms with E-state index in [1.807, 2.05) is 4.90 Å². The van der Waals surface area contributed by atoms with Gasteiger partial charge in [-0.3, -0.25) is 9.59 Å². The molecule has 2 heterocycles. The van der Waals surface area contributed by atoms with Crippen LogP contribution in [-0.4, -0.2) is 73.5 Å². The fourth-order valence-corrected chi connectivity index (χ4v) is 2.29. The molecule has 2 rings (SSSR count). The first kappa shape index (κ1) is 12.3. The van der Waals surface area contributed by atoms with Gasteiger partial charge in [-0.2, -0.15) is 0 Å². The van der Waals surface area contributed by atoms with Gasteiger partial charge in [0.2, 0.25) is 11.8 Å². The lowest BCUT2D eigenvalue weighted by Gasteiger charge is -2.37. The summed E-state index contributed by atoms with van der Waals surface area (Å²) in [5.74, 6) is 0.245. The van der Waals surface area contributed by atoms with E-state index in [-0.39, 0.29) is 17.9 Å². The van der Waals surface area contributed by atoms with E-state index in [9.17, 15) is 9.59 Å². The van der Waals surface area contributed by atoms with Crippen molar-refractivity contribution in [3.63, 3.8) is 0 Å². The number of nitrogens with zero attached hydrogens (tertiary/aromatic N) is 2. The molecule has 0 aliphatic carbocycles. The third kappa shape index (κ3) is 2.95. The second-order valence-corrected chi connectivity index (χ2v) is 4.54. The fraction of sp³-hybridized carbons (Fsp3) is 0.818. The van der Waals surface area contributed by atoms with E-state index in [0.29, 0.717) is 32.7 Å². The molecule has 0 aromatic carbocycles. The highest BCUT2D eigenvalue weighted by Crippen LogP contribution is 2.05. The largest absolute Gasteiger partial charge is 0.339 e. The minimum atomic E-state index is -0.104. The molecule has 1 unspecified atom stereocenters. The molecule has 6 nitrogen and oxygen atoms in total. The Hall–Kier alpha value is -1.14. The molecule has 0 spiro atoms. The van der Waals surface area contributed by atoms with Crippen LogP contribution in [0.2, 0.25) is 0 Å². The van der Waals surface area contributed by atoms with Gasteiger partial charge in [-0.25, -0.2) is 0 Å². The Morgan fingerprint density at radius 3 is 2.24 bits per heavy atom. The van der Waals surface area contributed by atoms with E-state index in [2.05, 4.69) is 10.6 Å². The molecule has 0 radical (unpaired) electrons. The molecule has 0 saturated carbocycles. The summed E-state index contributed by atoms with van der Waals surface area (Å²) in [6, 6.07) is -0.104. The van der Waals surface area contributed by atoms with Crippen LogP contribution in [-0.2, 0) is 9.59 Å². The summed E-state index contributed by atoms with van der Waals surface area (Å²) in [5.41, 5.74) is 0. The molecule has 2 N–H and O–H groups in total. The van der Waals surface area contributed by atoms with E-state index >= 15 is 0 Å². The molecule has 0 aromatic heterocycles. The van der Waals surface area contributed by atoms with Gasteiger partial charge in [-0.1, -0.05) is 0 Å². The van der Waals surface area contributed by atoms with Crippen LogP contribution in [0.3, 0.4) is 0 Å². The lowest BCUT2D eigenvalue weighted by Crippen LogP contribution is -2.59. The molecule has 0 aromatic rings. The fourth-order valence-electron chi connectivity index (χ4n) is 2.29. The average Bonchev–Trinajstić information content (AvgIpc) is 2.39. The molecule has 6 heteroatoms. The van der Waals surface area contributed by atoms with Crippen molar-refractivity contribution in [2.45, 2.75) is 13.0 Å². The second-order valence-electron chi connectivity index (χ2n) is 4.54. The van der Waals surface area contributed by atoms with Gasteiger partial charge < -0.3 is 20.4 Å². The van der Waals surface area contributed by atoms with Crippen LogP contribution in [0.25, 0.3) is 0 Å². The van der Waals surface area contributed by atoms with Crippen molar-refractivity contribution >= 4 is 11.8 Å². The number of hydrogen-bond acceptors (Lipinski definition) is 4. The first-order valence-electron chi connectivity index (χ1n) is 6.17. The predicted octanol–water partition coefficient (Wildman–Crippen LogP) is -1.76. The van der Waals surface area contributed by atoms with Crippen LogP contribution in [0.5, 0.6) is 0 Å². The monoisotopic (exact) mass is 240 g/mol. The van der Waals surface area contributed by atoms with Gasteiger partial charge in [0.05, 0.1) is 6.04 Å². The highest BCUT2D eigenvalue weighted by Gasteiger charge is 2.28. The first-order chi connectivity index (χ1) is 8.18. The summed E-state index contributed by atoms with van der Waals surface area (Å²) in [6.07, 6.45) is 0. The third-order valence-electron chi connectivity index (χ3n) is 3.38. The molecule has 2 fully saturated rings. The van der Waals surface area contributed by atoms with E-state index in [4.69, 9.17) is 0 Å². The molecule has 2 saturated heterocycles. The Kier molecular flexibility index (Phi) is 3.96. The van der Waals surface area contributed by atoms with Crippen molar-refractivity contribution in [3.8, 4) is 0 Å². The van der Waals surface area contributed by atoms with Crippen molar-refractivity contribution in [2.24, 2.45) is 0 Å². The topological polar surface area (TPSA) is 64.7 Å². The maximum atomic E-state index is 12.1. The maximum absolute atomic E-state index is 12.1. The molecule has 17 heavy (non-hydrogen) atoms. The number of carbonyl (C=O) groups excluding carboxylic acids is 2. The number of rotatable bonds is 1. The molecule has 96 valence electrons. The molecular formula is C11H20N4O2. The van der Waals surface area contributed by atoms with Crippen molar-refractivity contribution < 1.29 is 9.59 Å². The van der Waals surface area contributed by atoms with Crippen LogP contribution in [0.15, 0.2) is 0 Å². The summed E-state index contributed by atoms with van der Waals surface area (Å²) >= 11 is 0.